The fraction of sp³-hybridized carbons (Fsp3) is 0.500. The predicted octanol–water partition coefficient (Wildman–Crippen LogP) is 0.0262. The summed E-state index contributed by atoms with van der Waals surface area (Å²) < 4.78 is 6.35. The van der Waals surface area contributed by atoms with Gasteiger partial charge in [-0.05, 0) is 0 Å². The summed E-state index contributed by atoms with van der Waals surface area (Å²) in [7, 11) is 3.20. The summed E-state index contributed by atoms with van der Waals surface area (Å²) in [5.74, 6) is 0. The Morgan fingerprint density at radius 2 is 2.55 bits per heavy atom. The van der Waals surface area contributed by atoms with Gasteiger partial charge in [0.2, 0.25) is 0 Å². The van der Waals surface area contributed by atoms with Crippen LogP contribution in [0.2, 0.25) is 0 Å². The fourth-order valence-corrected chi connectivity index (χ4v) is 0.725. The summed E-state index contributed by atoms with van der Waals surface area (Å²) >= 11 is 0. The Labute approximate surface area is 64.2 Å². The molecule has 0 amide bonds. The summed E-state index contributed by atoms with van der Waals surface area (Å²) in [6.07, 6.45) is 1.04. The minimum atomic E-state index is -0.608. The Bertz CT molecular complexity index is 274. The van der Waals surface area contributed by atoms with Gasteiger partial charge in [0.05, 0.1) is 6.20 Å². The number of rotatable bonds is 2. The molecule has 0 aliphatic heterocycles. The lowest BCUT2D eigenvalue weighted by Crippen LogP contribution is -1.97. The Morgan fingerprint density at radius 1 is 1.82 bits per heavy atom. The molecule has 0 saturated heterocycles. The maximum Gasteiger partial charge on any atom is 0.188 e. The highest BCUT2D eigenvalue weighted by molar-refractivity contribution is 5.06. The number of methoxy groups -OCH3 is 1. The van der Waals surface area contributed by atoms with Crippen molar-refractivity contribution in [1.29, 1.82) is 5.26 Å². The normalized spacial score (nSPS) is 12.5. The number of nitriles is 1. The predicted molar refractivity (Wildman–Crippen MR) is 36.4 cm³/mol. The molecule has 1 aromatic heterocycles. The summed E-state index contributed by atoms with van der Waals surface area (Å²) in [6, 6.07) is 1.94. The second kappa shape index (κ2) is 3.12. The van der Waals surface area contributed by atoms with Crippen molar-refractivity contribution in [3.63, 3.8) is 0 Å². The first kappa shape index (κ1) is 7.69. The van der Waals surface area contributed by atoms with E-state index in [1.54, 1.807) is 13.2 Å². The van der Waals surface area contributed by atoms with Crippen molar-refractivity contribution in [2.24, 2.45) is 7.05 Å². The largest absolute Gasteiger partial charge is 0.360 e. The topological polar surface area (TPSA) is 63.7 Å². The van der Waals surface area contributed by atoms with E-state index in [1.807, 2.05) is 6.07 Å². The lowest BCUT2D eigenvalue weighted by molar-refractivity contribution is 0.145. The van der Waals surface area contributed by atoms with Crippen molar-refractivity contribution in [3.8, 4) is 6.07 Å². The average Bonchev–Trinajstić information content (AvgIpc) is 2.39. The van der Waals surface area contributed by atoms with Gasteiger partial charge in [-0.1, -0.05) is 5.21 Å². The quantitative estimate of drug-likeness (QED) is 0.599. The van der Waals surface area contributed by atoms with Gasteiger partial charge in [0.15, 0.2) is 6.10 Å². The standard InChI is InChI=1S/C6H8N4O/c1-10-4-5(8-9-10)6(3-7)11-2/h4,6H,1-2H3. The van der Waals surface area contributed by atoms with E-state index in [4.69, 9.17) is 10.00 Å². The smallest absolute Gasteiger partial charge is 0.188 e. The van der Waals surface area contributed by atoms with E-state index in [9.17, 15) is 0 Å². The second-order valence-electron chi connectivity index (χ2n) is 2.06. The first-order valence-corrected chi connectivity index (χ1v) is 3.06. The second-order valence-corrected chi connectivity index (χ2v) is 2.06. The Balaban J connectivity index is 2.84. The van der Waals surface area contributed by atoms with Gasteiger partial charge in [0, 0.05) is 14.2 Å². The van der Waals surface area contributed by atoms with Crippen LogP contribution >= 0.6 is 0 Å². The van der Waals surface area contributed by atoms with Gasteiger partial charge in [-0.25, -0.2) is 0 Å². The van der Waals surface area contributed by atoms with E-state index in [-0.39, 0.29) is 0 Å². The van der Waals surface area contributed by atoms with Gasteiger partial charge in [0.25, 0.3) is 0 Å². The van der Waals surface area contributed by atoms with E-state index in [0.717, 1.165) is 0 Å². The zero-order chi connectivity index (χ0) is 8.27. The van der Waals surface area contributed by atoms with Crippen LogP contribution < -0.4 is 0 Å². The van der Waals surface area contributed by atoms with Crippen LogP contribution in [0.3, 0.4) is 0 Å². The number of ether oxygens (including phenoxy) is 1. The molecule has 1 unspecified atom stereocenters. The van der Waals surface area contributed by atoms with Crippen LogP contribution in [0.25, 0.3) is 0 Å². The first-order chi connectivity index (χ1) is 5.27. The molecule has 0 saturated carbocycles. The molecule has 1 aromatic rings. The lowest BCUT2D eigenvalue weighted by atomic mass is 10.3. The zero-order valence-corrected chi connectivity index (χ0v) is 6.35. The molecular formula is C6H8N4O. The fourth-order valence-electron chi connectivity index (χ4n) is 0.725. The van der Waals surface area contributed by atoms with Crippen molar-refractivity contribution < 1.29 is 4.74 Å². The molecule has 0 spiro atoms. The number of aryl methyl sites for hydroxylation is 1. The lowest BCUT2D eigenvalue weighted by Gasteiger charge is -1.99. The maximum atomic E-state index is 8.54. The SMILES string of the molecule is COC(C#N)c1cn(C)nn1. The summed E-state index contributed by atoms with van der Waals surface area (Å²) in [4.78, 5) is 0. The highest BCUT2D eigenvalue weighted by Crippen LogP contribution is 2.10. The molecule has 11 heavy (non-hydrogen) atoms. The molecule has 5 heteroatoms. The van der Waals surface area contributed by atoms with Crippen molar-refractivity contribution in [3.05, 3.63) is 11.9 Å². The monoisotopic (exact) mass is 152 g/mol. The molecule has 0 aliphatic rings. The van der Waals surface area contributed by atoms with Gasteiger partial charge >= 0.3 is 0 Å². The third kappa shape index (κ3) is 1.53. The van der Waals surface area contributed by atoms with Gasteiger partial charge in [-0.2, -0.15) is 5.26 Å². The van der Waals surface area contributed by atoms with Crippen molar-refractivity contribution in [2.75, 3.05) is 7.11 Å². The third-order valence-electron chi connectivity index (χ3n) is 1.24. The molecule has 1 rings (SSSR count). The van der Waals surface area contributed by atoms with Gasteiger partial charge in [-0.3, -0.25) is 4.68 Å². The molecule has 0 aliphatic carbocycles. The molecule has 1 heterocycles. The Morgan fingerprint density at radius 3 is 2.91 bits per heavy atom. The first-order valence-electron chi connectivity index (χ1n) is 3.06. The number of nitrogens with zero attached hydrogens (tertiary/aromatic N) is 4. The van der Waals surface area contributed by atoms with Gasteiger partial charge < -0.3 is 4.74 Å². The zero-order valence-electron chi connectivity index (χ0n) is 6.35. The van der Waals surface area contributed by atoms with Gasteiger partial charge in [-0.15, -0.1) is 5.10 Å². The Hall–Kier alpha value is -1.41. The van der Waals surface area contributed by atoms with Crippen LogP contribution in [-0.4, -0.2) is 22.1 Å². The number of aromatic nitrogens is 3. The van der Waals surface area contributed by atoms with Crippen LogP contribution in [0.4, 0.5) is 0 Å². The molecule has 0 bridgehead atoms. The van der Waals surface area contributed by atoms with Crippen LogP contribution in [0.15, 0.2) is 6.20 Å². The highest BCUT2D eigenvalue weighted by Gasteiger charge is 2.11. The molecular weight excluding hydrogens is 144 g/mol. The van der Waals surface area contributed by atoms with Crippen LogP contribution in [0.5, 0.6) is 0 Å². The molecule has 0 N–H and O–H groups in total. The summed E-state index contributed by atoms with van der Waals surface area (Å²) in [5, 5.41) is 15.9. The summed E-state index contributed by atoms with van der Waals surface area (Å²) in [6.45, 7) is 0. The minimum Gasteiger partial charge on any atom is -0.360 e. The number of hydrogen-bond donors (Lipinski definition) is 0. The van der Waals surface area contributed by atoms with Crippen molar-refractivity contribution in [2.45, 2.75) is 6.10 Å². The highest BCUT2D eigenvalue weighted by atomic mass is 16.5. The third-order valence-corrected chi connectivity index (χ3v) is 1.24. The van der Waals surface area contributed by atoms with Crippen molar-refractivity contribution in [1.82, 2.24) is 15.0 Å². The van der Waals surface area contributed by atoms with E-state index >= 15 is 0 Å². The minimum absolute atomic E-state index is 0.539. The molecule has 0 radical (unpaired) electrons. The summed E-state index contributed by atoms with van der Waals surface area (Å²) in [5.41, 5.74) is 0.539. The van der Waals surface area contributed by atoms with Crippen molar-refractivity contribution >= 4 is 0 Å². The van der Waals surface area contributed by atoms with Crippen LogP contribution in [-0.2, 0) is 11.8 Å². The van der Waals surface area contributed by atoms with Gasteiger partial charge in [0.1, 0.15) is 11.8 Å². The van der Waals surface area contributed by atoms with Crippen LogP contribution in [0, 0.1) is 11.3 Å². The van der Waals surface area contributed by atoms with E-state index in [1.165, 1.54) is 11.8 Å². The molecule has 0 fully saturated rings. The molecule has 1 atom stereocenters. The number of hydrogen-bond acceptors (Lipinski definition) is 4. The van der Waals surface area contributed by atoms with E-state index < -0.39 is 6.10 Å². The molecule has 58 valence electrons. The van der Waals surface area contributed by atoms with E-state index in [0.29, 0.717) is 5.69 Å². The molecule has 0 aromatic carbocycles. The van der Waals surface area contributed by atoms with E-state index in [2.05, 4.69) is 10.3 Å². The Kier molecular flexibility index (Phi) is 2.18. The van der Waals surface area contributed by atoms with Crippen LogP contribution in [0.1, 0.15) is 11.8 Å². The average molecular weight is 152 g/mol. The molecule has 5 nitrogen and oxygen atoms in total. The maximum absolute atomic E-state index is 8.54.